The predicted octanol–water partition coefficient (Wildman–Crippen LogP) is 2.05. The van der Waals surface area contributed by atoms with Crippen molar-refractivity contribution in [3.8, 4) is 0 Å². The molecule has 2 aromatic rings. The Morgan fingerprint density at radius 2 is 2.12 bits per heavy atom. The third-order valence-corrected chi connectivity index (χ3v) is 2.60. The largest absolute Gasteiger partial charge is 0.345 e. The zero-order chi connectivity index (χ0) is 12.4. The Labute approximate surface area is 97.7 Å². The van der Waals surface area contributed by atoms with Crippen molar-refractivity contribution in [2.24, 2.45) is 5.73 Å². The second-order valence-corrected chi connectivity index (χ2v) is 3.87. The van der Waals surface area contributed by atoms with Crippen molar-refractivity contribution in [3.05, 3.63) is 52.6 Å². The van der Waals surface area contributed by atoms with Gasteiger partial charge in [0.05, 0.1) is 12.2 Å². The number of aromatic nitrogens is 2. The molecular weight excluding hydrogens is 224 g/mol. The van der Waals surface area contributed by atoms with Crippen LogP contribution < -0.4 is 5.73 Å². The molecule has 0 unspecified atom stereocenters. The summed E-state index contributed by atoms with van der Waals surface area (Å²) in [5, 5.41) is 0. The lowest BCUT2D eigenvalue weighted by atomic mass is 10.1. The Balaban J connectivity index is 2.27. The highest BCUT2D eigenvalue weighted by atomic mass is 19.1. The summed E-state index contributed by atoms with van der Waals surface area (Å²) >= 11 is 0. The van der Waals surface area contributed by atoms with Crippen molar-refractivity contribution in [2.45, 2.75) is 19.9 Å². The summed E-state index contributed by atoms with van der Waals surface area (Å²) in [6.07, 6.45) is 0.328. The lowest BCUT2D eigenvalue weighted by Crippen LogP contribution is -1.99. The van der Waals surface area contributed by atoms with E-state index in [0.717, 1.165) is 17.5 Å². The van der Waals surface area contributed by atoms with Gasteiger partial charge in [0.1, 0.15) is 17.5 Å². The summed E-state index contributed by atoms with van der Waals surface area (Å²) in [5.41, 5.74) is 7.47. The van der Waals surface area contributed by atoms with Crippen LogP contribution in [0.2, 0.25) is 0 Å². The summed E-state index contributed by atoms with van der Waals surface area (Å²) in [6, 6.07) is 3.55. The first-order chi connectivity index (χ1) is 8.10. The SMILES string of the molecule is Cc1[nH]c(CN)nc1Cc1ccc(F)cc1F. The first kappa shape index (κ1) is 11.7. The van der Waals surface area contributed by atoms with Crippen molar-refractivity contribution in [1.29, 1.82) is 0 Å². The molecule has 0 radical (unpaired) electrons. The van der Waals surface area contributed by atoms with Crippen LogP contribution in [0.4, 0.5) is 8.78 Å². The molecule has 0 saturated heterocycles. The number of H-pyrrole nitrogens is 1. The molecule has 2 rings (SSSR count). The van der Waals surface area contributed by atoms with Gasteiger partial charge in [0.15, 0.2) is 0 Å². The number of rotatable bonds is 3. The van der Waals surface area contributed by atoms with Crippen LogP contribution in [0.5, 0.6) is 0 Å². The van der Waals surface area contributed by atoms with Crippen LogP contribution in [0.3, 0.4) is 0 Å². The molecule has 0 aliphatic carbocycles. The van der Waals surface area contributed by atoms with Gasteiger partial charge in [0, 0.05) is 18.2 Å². The normalized spacial score (nSPS) is 10.8. The molecule has 0 aliphatic heterocycles. The molecule has 0 amide bonds. The minimum absolute atomic E-state index is 0.312. The van der Waals surface area contributed by atoms with Crippen molar-refractivity contribution < 1.29 is 8.78 Å². The standard InChI is InChI=1S/C12H13F2N3/c1-7-11(17-12(6-15)16-7)4-8-2-3-9(13)5-10(8)14/h2-3,5H,4,6,15H2,1H3,(H,16,17). The van der Waals surface area contributed by atoms with E-state index in [-0.39, 0.29) is 0 Å². The van der Waals surface area contributed by atoms with Crippen LogP contribution >= 0.6 is 0 Å². The number of halogens is 2. The van der Waals surface area contributed by atoms with E-state index in [9.17, 15) is 8.78 Å². The van der Waals surface area contributed by atoms with Gasteiger partial charge in [-0.3, -0.25) is 0 Å². The maximum atomic E-state index is 13.5. The zero-order valence-corrected chi connectivity index (χ0v) is 9.43. The number of nitrogens with one attached hydrogen (secondary N) is 1. The van der Waals surface area contributed by atoms with Gasteiger partial charge < -0.3 is 10.7 Å². The molecule has 0 saturated carbocycles. The average molecular weight is 237 g/mol. The van der Waals surface area contributed by atoms with Crippen LogP contribution in [-0.2, 0) is 13.0 Å². The molecule has 3 nitrogen and oxygen atoms in total. The van der Waals surface area contributed by atoms with Crippen LogP contribution in [0.1, 0.15) is 22.8 Å². The van der Waals surface area contributed by atoms with Crippen LogP contribution in [0, 0.1) is 18.6 Å². The number of imidazole rings is 1. The minimum atomic E-state index is -0.576. The van der Waals surface area contributed by atoms with E-state index in [0.29, 0.717) is 24.4 Å². The van der Waals surface area contributed by atoms with E-state index in [1.165, 1.54) is 12.1 Å². The second-order valence-electron chi connectivity index (χ2n) is 3.87. The molecule has 90 valence electrons. The molecule has 0 bridgehead atoms. The van der Waals surface area contributed by atoms with Gasteiger partial charge in [-0.2, -0.15) is 0 Å². The zero-order valence-electron chi connectivity index (χ0n) is 9.43. The Bertz CT molecular complexity index is 535. The molecule has 1 aromatic carbocycles. The lowest BCUT2D eigenvalue weighted by Gasteiger charge is -2.01. The number of benzene rings is 1. The number of nitrogens with two attached hydrogens (primary N) is 1. The third kappa shape index (κ3) is 2.50. The van der Waals surface area contributed by atoms with Gasteiger partial charge in [-0.1, -0.05) is 6.07 Å². The Morgan fingerprint density at radius 3 is 2.71 bits per heavy atom. The van der Waals surface area contributed by atoms with Crippen LogP contribution in [-0.4, -0.2) is 9.97 Å². The molecule has 1 aromatic heterocycles. The molecule has 0 atom stereocenters. The van der Waals surface area contributed by atoms with Crippen molar-refractivity contribution >= 4 is 0 Å². The number of hydrogen-bond acceptors (Lipinski definition) is 2. The summed E-state index contributed by atoms with van der Waals surface area (Å²) in [6.45, 7) is 2.16. The molecule has 0 fully saturated rings. The lowest BCUT2D eigenvalue weighted by molar-refractivity contribution is 0.574. The number of hydrogen-bond donors (Lipinski definition) is 2. The maximum absolute atomic E-state index is 13.5. The fourth-order valence-corrected chi connectivity index (χ4v) is 1.68. The van der Waals surface area contributed by atoms with Gasteiger partial charge in [-0.05, 0) is 18.6 Å². The van der Waals surface area contributed by atoms with E-state index in [1.54, 1.807) is 0 Å². The van der Waals surface area contributed by atoms with Crippen LogP contribution in [0.15, 0.2) is 18.2 Å². The quantitative estimate of drug-likeness (QED) is 0.858. The topological polar surface area (TPSA) is 54.7 Å². The molecule has 17 heavy (non-hydrogen) atoms. The maximum Gasteiger partial charge on any atom is 0.129 e. The Hall–Kier alpha value is -1.75. The Morgan fingerprint density at radius 1 is 1.35 bits per heavy atom. The van der Waals surface area contributed by atoms with Gasteiger partial charge in [0.25, 0.3) is 0 Å². The Kier molecular flexibility index (Phi) is 3.19. The highest BCUT2D eigenvalue weighted by Crippen LogP contribution is 2.15. The van der Waals surface area contributed by atoms with E-state index in [1.807, 2.05) is 6.92 Å². The summed E-state index contributed by atoms with van der Waals surface area (Å²) in [5.74, 6) is -0.464. The fourth-order valence-electron chi connectivity index (χ4n) is 1.68. The smallest absolute Gasteiger partial charge is 0.129 e. The van der Waals surface area contributed by atoms with E-state index in [2.05, 4.69) is 9.97 Å². The molecular formula is C12H13F2N3. The van der Waals surface area contributed by atoms with E-state index >= 15 is 0 Å². The number of nitrogens with zero attached hydrogens (tertiary/aromatic N) is 1. The molecule has 5 heteroatoms. The van der Waals surface area contributed by atoms with Crippen LogP contribution in [0.25, 0.3) is 0 Å². The van der Waals surface area contributed by atoms with Gasteiger partial charge in [-0.25, -0.2) is 13.8 Å². The summed E-state index contributed by atoms with van der Waals surface area (Å²) < 4.78 is 26.2. The molecule has 3 N–H and O–H groups in total. The third-order valence-electron chi connectivity index (χ3n) is 2.60. The first-order valence-electron chi connectivity index (χ1n) is 5.28. The van der Waals surface area contributed by atoms with Gasteiger partial charge >= 0.3 is 0 Å². The summed E-state index contributed by atoms with van der Waals surface area (Å²) in [7, 11) is 0. The van der Waals surface area contributed by atoms with Crippen molar-refractivity contribution in [3.63, 3.8) is 0 Å². The van der Waals surface area contributed by atoms with E-state index < -0.39 is 11.6 Å². The fraction of sp³-hybridized carbons (Fsp3) is 0.250. The average Bonchev–Trinajstić information content (AvgIpc) is 2.64. The molecule has 0 spiro atoms. The van der Waals surface area contributed by atoms with E-state index in [4.69, 9.17) is 5.73 Å². The summed E-state index contributed by atoms with van der Waals surface area (Å²) in [4.78, 5) is 7.26. The second kappa shape index (κ2) is 4.63. The minimum Gasteiger partial charge on any atom is -0.345 e. The highest BCUT2D eigenvalue weighted by molar-refractivity contribution is 5.26. The molecule has 0 aliphatic rings. The van der Waals surface area contributed by atoms with Gasteiger partial charge in [-0.15, -0.1) is 0 Å². The first-order valence-corrected chi connectivity index (χ1v) is 5.28. The number of aryl methyl sites for hydroxylation is 1. The van der Waals surface area contributed by atoms with Gasteiger partial charge in [0.2, 0.25) is 0 Å². The van der Waals surface area contributed by atoms with Crippen molar-refractivity contribution in [1.82, 2.24) is 9.97 Å². The predicted molar refractivity (Wildman–Crippen MR) is 60.4 cm³/mol. The number of aromatic amines is 1. The molecule has 1 heterocycles. The monoisotopic (exact) mass is 237 g/mol. The van der Waals surface area contributed by atoms with Crippen molar-refractivity contribution in [2.75, 3.05) is 0 Å². The highest BCUT2D eigenvalue weighted by Gasteiger charge is 2.10.